The molecule has 0 saturated carbocycles. The third-order valence-corrected chi connectivity index (χ3v) is 4.20. The third-order valence-electron chi connectivity index (χ3n) is 2.28. The maximum absolute atomic E-state index is 4.41. The molecule has 2 rings (SSSR count). The van der Waals surface area contributed by atoms with Gasteiger partial charge in [0.1, 0.15) is 0 Å². The summed E-state index contributed by atoms with van der Waals surface area (Å²) in [4.78, 5) is 10.0. The highest BCUT2D eigenvalue weighted by Crippen LogP contribution is 2.16. The van der Waals surface area contributed by atoms with Crippen LogP contribution in [0.25, 0.3) is 0 Å². The Morgan fingerprint density at radius 2 is 2.25 bits per heavy atom. The number of thiazole rings is 2. The average Bonchev–Trinajstić information content (AvgIpc) is 2.84. The van der Waals surface area contributed by atoms with Gasteiger partial charge in [0.05, 0.1) is 15.7 Å². The fourth-order valence-electron chi connectivity index (χ4n) is 1.51. The van der Waals surface area contributed by atoms with Crippen LogP contribution in [-0.4, -0.2) is 16.5 Å². The zero-order chi connectivity index (χ0) is 11.4. The van der Waals surface area contributed by atoms with Crippen LogP contribution in [0.5, 0.6) is 0 Å². The van der Waals surface area contributed by atoms with Crippen molar-refractivity contribution in [2.45, 2.75) is 26.8 Å². The molecule has 0 unspecified atom stereocenters. The van der Waals surface area contributed by atoms with Crippen molar-refractivity contribution in [1.29, 1.82) is 0 Å². The smallest absolute Gasteiger partial charge is 0.0937 e. The summed E-state index contributed by atoms with van der Waals surface area (Å²) in [6, 6.07) is 0. The minimum atomic E-state index is 0.919. The van der Waals surface area contributed by atoms with Gasteiger partial charge in [-0.2, -0.15) is 0 Å². The molecule has 86 valence electrons. The van der Waals surface area contributed by atoms with Gasteiger partial charge in [0.2, 0.25) is 0 Å². The van der Waals surface area contributed by atoms with E-state index < -0.39 is 0 Å². The number of hydrogen-bond donors (Lipinski definition) is 1. The maximum atomic E-state index is 4.41. The molecule has 1 N–H and O–H groups in total. The standard InChI is InChI=1S/C11H15N3S2/c1-8-10(16-9(2)14-8)7-12-4-3-11-13-5-6-15-11/h5-6,12H,3-4,7H2,1-2H3. The van der Waals surface area contributed by atoms with Crippen LogP contribution in [0.4, 0.5) is 0 Å². The number of nitrogens with zero attached hydrogens (tertiary/aromatic N) is 2. The highest BCUT2D eigenvalue weighted by atomic mass is 32.1. The fraction of sp³-hybridized carbons (Fsp3) is 0.455. The normalized spacial score (nSPS) is 10.9. The Morgan fingerprint density at radius 1 is 1.38 bits per heavy atom. The van der Waals surface area contributed by atoms with Crippen LogP contribution in [0.2, 0.25) is 0 Å². The lowest BCUT2D eigenvalue weighted by molar-refractivity contribution is 0.688. The molecule has 0 amide bonds. The highest BCUT2D eigenvalue weighted by Gasteiger charge is 2.03. The second-order valence-electron chi connectivity index (χ2n) is 3.59. The van der Waals surface area contributed by atoms with Crippen LogP contribution < -0.4 is 5.32 Å². The van der Waals surface area contributed by atoms with E-state index >= 15 is 0 Å². The largest absolute Gasteiger partial charge is 0.311 e. The van der Waals surface area contributed by atoms with Crippen LogP contribution >= 0.6 is 22.7 Å². The lowest BCUT2D eigenvalue weighted by atomic mass is 10.3. The molecular weight excluding hydrogens is 238 g/mol. The van der Waals surface area contributed by atoms with Gasteiger partial charge in [-0.3, -0.25) is 0 Å². The molecule has 3 nitrogen and oxygen atoms in total. The van der Waals surface area contributed by atoms with E-state index in [9.17, 15) is 0 Å². The Hall–Kier alpha value is -0.780. The highest BCUT2D eigenvalue weighted by molar-refractivity contribution is 7.11. The molecule has 0 spiro atoms. The lowest BCUT2D eigenvalue weighted by Crippen LogP contribution is -2.16. The second kappa shape index (κ2) is 5.52. The van der Waals surface area contributed by atoms with Crippen molar-refractivity contribution in [2.24, 2.45) is 0 Å². The van der Waals surface area contributed by atoms with E-state index in [-0.39, 0.29) is 0 Å². The van der Waals surface area contributed by atoms with Gasteiger partial charge in [0.15, 0.2) is 0 Å². The first kappa shape index (κ1) is 11.7. The number of aryl methyl sites for hydroxylation is 2. The molecule has 0 fully saturated rings. The first-order valence-corrected chi connectivity index (χ1v) is 6.97. The molecule has 2 heterocycles. The number of aromatic nitrogens is 2. The Labute approximate surface area is 104 Å². The van der Waals surface area contributed by atoms with Crippen LogP contribution in [0.15, 0.2) is 11.6 Å². The van der Waals surface area contributed by atoms with Gasteiger partial charge in [0, 0.05) is 36.0 Å². The van der Waals surface area contributed by atoms with Gasteiger partial charge in [-0.05, 0) is 13.8 Å². The van der Waals surface area contributed by atoms with E-state index in [0.29, 0.717) is 0 Å². The van der Waals surface area contributed by atoms with E-state index in [1.807, 2.05) is 11.6 Å². The van der Waals surface area contributed by atoms with E-state index in [0.717, 1.165) is 30.2 Å². The molecule has 0 aliphatic heterocycles. The molecule has 0 atom stereocenters. The predicted octanol–water partition coefficient (Wildman–Crippen LogP) is 2.55. The van der Waals surface area contributed by atoms with Crippen molar-refractivity contribution in [3.63, 3.8) is 0 Å². The first-order valence-electron chi connectivity index (χ1n) is 5.27. The summed E-state index contributed by atoms with van der Waals surface area (Å²) in [5.41, 5.74) is 1.16. The van der Waals surface area contributed by atoms with Crippen molar-refractivity contribution in [1.82, 2.24) is 15.3 Å². The Balaban J connectivity index is 1.74. The molecule has 0 aliphatic rings. The number of rotatable bonds is 5. The van der Waals surface area contributed by atoms with E-state index in [4.69, 9.17) is 0 Å². The average molecular weight is 253 g/mol. The van der Waals surface area contributed by atoms with Crippen LogP contribution in [0.1, 0.15) is 20.6 Å². The van der Waals surface area contributed by atoms with Crippen molar-refractivity contribution >= 4 is 22.7 Å². The number of hydrogen-bond acceptors (Lipinski definition) is 5. The summed E-state index contributed by atoms with van der Waals surface area (Å²) in [6.45, 7) is 6.02. The molecular formula is C11H15N3S2. The Bertz CT molecular complexity index is 434. The monoisotopic (exact) mass is 253 g/mol. The van der Waals surface area contributed by atoms with E-state index in [1.54, 1.807) is 22.7 Å². The van der Waals surface area contributed by atoms with E-state index in [2.05, 4.69) is 29.1 Å². The van der Waals surface area contributed by atoms with Crippen LogP contribution in [-0.2, 0) is 13.0 Å². The molecule has 2 aromatic rings. The van der Waals surface area contributed by atoms with Crippen molar-refractivity contribution in [2.75, 3.05) is 6.54 Å². The van der Waals surface area contributed by atoms with Crippen LogP contribution in [0.3, 0.4) is 0 Å². The fourth-order valence-corrected chi connectivity index (χ4v) is 3.04. The third kappa shape index (κ3) is 3.10. The summed E-state index contributed by atoms with van der Waals surface area (Å²) in [6.07, 6.45) is 2.87. The molecule has 2 aromatic heterocycles. The zero-order valence-corrected chi connectivity index (χ0v) is 11.1. The molecule has 5 heteroatoms. The minimum absolute atomic E-state index is 0.919. The molecule has 0 aliphatic carbocycles. The number of nitrogens with one attached hydrogen (secondary N) is 1. The summed E-state index contributed by atoms with van der Waals surface area (Å²) in [7, 11) is 0. The van der Waals surface area contributed by atoms with Crippen molar-refractivity contribution in [3.8, 4) is 0 Å². The van der Waals surface area contributed by atoms with Gasteiger partial charge >= 0.3 is 0 Å². The van der Waals surface area contributed by atoms with Gasteiger partial charge in [0.25, 0.3) is 0 Å². The summed E-state index contributed by atoms with van der Waals surface area (Å²) >= 11 is 3.49. The quantitative estimate of drug-likeness (QED) is 0.832. The topological polar surface area (TPSA) is 37.8 Å². The maximum Gasteiger partial charge on any atom is 0.0937 e. The van der Waals surface area contributed by atoms with Gasteiger partial charge in [-0.15, -0.1) is 22.7 Å². The Morgan fingerprint density at radius 3 is 2.88 bits per heavy atom. The van der Waals surface area contributed by atoms with Gasteiger partial charge in [-0.25, -0.2) is 9.97 Å². The summed E-state index contributed by atoms with van der Waals surface area (Å²) < 4.78 is 0. The van der Waals surface area contributed by atoms with Crippen molar-refractivity contribution in [3.05, 3.63) is 32.2 Å². The summed E-state index contributed by atoms with van der Waals surface area (Å²) in [5, 5.41) is 7.80. The second-order valence-corrected chi connectivity index (χ2v) is 5.86. The summed E-state index contributed by atoms with van der Waals surface area (Å²) in [5.74, 6) is 0. The van der Waals surface area contributed by atoms with Crippen molar-refractivity contribution < 1.29 is 0 Å². The van der Waals surface area contributed by atoms with Crippen LogP contribution in [0, 0.1) is 13.8 Å². The predicted molar refractivity (Wildman–Crippen MR) is 69.1 cm³/mol. The zero-order valence-electron chi connectivity index (χ0n) is 9.49. The molecule has 0 bridgehead atoms. The lowest BCUT2D eigenvalue weighted by Gasteiger charge is -2.01. The molecule has 0 radical (unpaired) electrons. The SMILES string of the molecule is Cc1nc(C)c(CNCCc2nccs2)s1. The minimum Gasteiger partial charge on any atom is -0.311 e. The molecule has 0 aromatic carbocycles. The van der Waals surface area contributed by atoms with Gasteiger partial charge < -0.3 is 5.32 Å². The molecule has 16 heavy (non-hydrogen) atoms. The van der Waals surface area contributed by atoms with E-state index in [1.165, 1.54) is 9.88 Å². The first-order chi connectivity index (χ1) is 7.75. The van der Waals surface area contributed by atoms with Gasteiger partial charge in [-0.1, -0.05) is 0 Å². The molecule has 0 saturated heterocycles. The Kier molecular flexibility index (Phi) is 4.04.